The molecule has 0 aliphatic heterocycles. The third kappa shape index (κ3) is 1.85. The molecular weight excluding hydrogens is 338 g/mol. The Morgan fingerprint density at radius 2 is 2.17 bits per heavy atom. The maximum atomic E-state index is 12.9. The van der Waals surface area contributed by atoms with Gasteiger partial charge in [0, 0.05) is 9.13 Å². The number of benzene rings is 1. The summed E-state index contributed by atoms with van der Waals surface area (Å²) in [6, 6.07) is 2.77. The van der Waals surface area contributed by atoms with E-state index in [1.54, 1.807) is 0 Å². The lowest BCUT2D eigenvalue weighted by Gasteiger charge is -2.02. The molecule has 0 atom stereocenters. The normalized spacial score (nSPS) is 10.0. The quantitative estimate of drug-likeness (QED) is 0.434. The van der Waals surface area contributed by atoms with Gasteiger partial charge >= 0.3 is 0 Å². The van der Waals surface area contributed by atoms with Crippen LogP contribution in [0.25, 0.3) is 0 Å². The van der Waals surface area contributed by atoms with Crippen LogP contribution in [0, 0.1) is 9.39 Å². The molecule has 1 aromatic carbocycles. The summed E-state index contributed by atoms with van der Waals surface area (Å²) in [6.45, 7) is 1.46. The van der Waals surface area contributed by atoms with Gasteiger partial charge in [-0.3, -0.25) is 4.79 Å². The molecule has 0 aliphatic rings. The van der Waals surface area contributed by atoms with E-state index in [9.17, 15) is 9.18 Å². The van der Waals surface area contributed by atoms with E-state index in [0.29, 0.717) is 13.6 Å². The molecule has 0 radical (unpaired) electrons. The second-order valence-corrected chi connectivity index (χ2v) is 4.15. The molecular formula is C8H5BrFIO. The molecule has 1 nitrogen and oxygen atoms in total. The van der Waals surface area contributed by atoms with Crippen molar-refractivity contribution in [2.45, 2.75) is 6.92 Å². The summed E-state index contributed by atoms with van der Waals surface area (Å²) >= 11 is 5.00. The molecule has 0 N–H and O–H groups in total. The highest BCUT2D eigenvalue weighted by molar-refractivity contribution is 14.1. The minimum atomic E-state index is -0.343. The first-order valence-electron chi connectivity index (χ1n) is 3.18. The van der Waals surface area contributed by atoms with Crippen LogP contribution in [-0.2, 0) is 0 Å². The van der Waals surface area contributed by atoms with Crippen molar-refractivity contribution in [1.82, 2.24) is 0 Å². The molecule has 4 heteroatoms. The van der Waals surface area contributed by atoms with Crippen LogP contribution < -0.4 is 0 Å². The number of Topliss-reactive ketones (excluding diaryl/α,β-unsaturated/α-hetero) is 1. The topological polar surface area (TPSA) is 17.1 Å². The van der Waals surface area contributed by atoms with E-state index in [-0.39, 0.29) is 11.6 Å². The van der Waals surface area contributed by atoms with Gasteiger partial charge in [0.2, 0.25) is 0 Å². The summed E-state index contributed by atoms with van der Waals surface area (Å²) in [5.41, 5.74) is 0.545. The summed E-state index contributed by atoms with van der Waals surface area (Å²) in [6.07, 6.45) is 0. The number of halogens is 3. The average Bonchev–Trinajstić information content (AvgIpc) is 2.00. The van der Waals surface area contributed by atoms with Crippen molar-refractivity contribution in [3.05, 3.63) is 31.6 Å². The zero-order valence-electron chi connectivity index (χ0n) is 6.20. The van der Waals surface area contributed by atoms with Crippen molar-refractivity contribution in [2.24, 2.45) is 0 Å². The third-order valence-electron chi connectivity index (χ3n) is 1.41. The lowest BCUT2D eigenvalue weighted by molar-refractivity contribution is 0.101. The van der Waals surface area contributed by atoms with Crippen LogP contribution in [0.2, 0.25) is 0 Å². The molecule has 0 saturated heterocycles. The molecule has 64 valence electrons. The number of rotatable bonds is 1. The third-order valence-corrected chi connectivity index (χ3v) is 4.05. The monoisotopic (exact) mass is 342 g/mol. The molecule has 0 bridgehead atoms. The maximum Gasteiger partial charge on any atom is 0.160 e. The zero-order chi connectivity index (χ0) is 9.30. The van der Waals surface area contributed by atoms with Gasteiger partial charge in [0.1, 0.15) is 5.82 Å². The standard InChI is InChI=1S/C8H5BrFIO/c1-4(12)5-2-3-6(10)7(9)8(5)11/h2-3H,1H3. The first-order valence-corrected chi connectivity index (χ1v) is 5.05. The van der Waals surface area contributed by atoms with Crippen LogP contribution in [-0.4, -0.2) is 5.78 Å². The van der Waals surface area contributed by atoms with Crippen molar-refractivity contribution < 1.29 is 9.18 Å². The van der Waals surface area contributed by atoms with Crippen LogP contribution in [0.4, 0.5) is 4.39 Å². The molecule has 0 aromatic heterocycles. The number of hydrogen-bond acceptors (Lipinski definition) is 1. The lowest BCUT2D eigenvalue weighted by atomic mass is 10.1. The summed E-state index contributed by atoms with van der Waals surface area (Å²) in [4.78, 5) is 11.0. The van der Waals surface area contributed by atoms with Gasteiger partial charge in [-0.05, 0) is 57.6 Å². The van der Waals surface area contributed by atoms with Gasteiger partial charge in [0.25, 0.3) is 0 Å². The minimum Gasteiger partial charge on any atom is -0.294 e. The Balaban J connectivity index is 3.36. The summed E-state index contributed by atoms with van der Waals surface area (Å²) < 4.78 is 13.8. The summed E-state index contributed by atoms with van der Waals surface area (Å²) in [7, 11) is 0. The van der Waals surface area contributed by atoms with E-state index >= 15 is 0 Å². The van der Waals surface area contributed by atoms with Crippen molar-refractivity contribution in [3.63, 3.8) is 0 Å². The van der Waals surface area contributed by atoms with Gasteiger partial charge in [0.05, 0.1) is 4.47 Å². The average molecular weight is 343 g/mol. The first kappa shape index (κ1) is 10.1. The highest BCUT2D eigenvalue weighted by atomic mass is 127. The van der Waals surface area contributed by atoms with Gasteiger partial charge in [-0.15, -0.1) is 0 Å². The van der Waals surface area contributed by atoms with Crippen molar-refractivity contribution >= 4 is 44.3 Å². The molecule has 0 unspecified atom stereocenters. The second kappa shape index (κ2) is 3.83. The van der Waals surface area contributed by atoms with Crippen LogP contribution in [0.15, 0.2) is 16.6 Å². The van der Waals surface area contributed by atoms with Crippen molar-refractivity contribution in [3.8, 4) is 0 Å². The number of ketones is 1. The molecule has 12 heavy (non-hydrogen) atoms. The molecule has 0 fully saturated rings. The van der Waals surface area contributed by atoms with Gasteiger partial charge in [-0.25, -0.2) is 4.39 Å². The summed E-state index contributed by atoms with van der Waals surface area (Å²) in [5, 5.41) is 0. The number of carbonyl (C=O) groups is 1. The molecule has 1 rings (SSSR count). The maximum absolute atomic E-state index is 12.9. The Kier molecular flexibility index (Phi) is 3.22. The Hall–Kier alpha value is 0.0300. The smallest absolute Gasteiger partial charge is 0.160 e. The summed E-state index contributed by atoms with van der Waals surface area (Å²) in [5.74, 6) is -0.399. The van der Waals surface area contributed by atoms with E-state index in [1.165, 1.54) is 19.1 Å². The Labute approximate surface area is 91.6 Å². The Morgan fingerprint density at radius 3 is 2.67 bits per heavy atom. The molecule has 1 aromatic rings. The van der Waals surface area contributed by atoms with E-state index in [1.807, 2.05) is 22.6 Å². The van der Waals surface area contributed by atoms with E-state index in [4.69, 9.17) is 0 Å². The highest BCUT2D eigenvalue weighted by Crippen LogP contribution is 2.25. The van der Waals surface area contributed by atoms with Gasteiger partial charge < -0.3 is 0 Å². The van der Waals surface area contributed by atoms with Gasteiger partial charge in [-0.2, -0.15) is 0 Å². The van der Waals surface area contributed by atoms with Gasteiger partial charge in [-0.1, -0.05) is 0 Å². The predicted octanol–water partition coefficient (Wildman–Crippen LogP) is 3.40. The van der Waals surface area contributed by atoms with Crippen LogP contribution >= 0.6 is 38.5 Å². The largest absolute Gasteiger partial charge is 0.294 e. The molecule has 0 spiro atoms. The molecule has 0 heterocycles. The fourth-order valence-corrected chi connectivity index (χ4v) is 1.96. The lowest BCUT2D eigenvalue weighted by Crippen LogP contribution is -1.97. The van der Waals surface area contributed by atoms with Crippen LogP contribution in [0.3, 0.4) is 0 Å². The first-order chi connectivity index (χ1) is 5.54. The number of carbonyl (C=O) groups excluding carboxylic acids is 1. The van der Waals surface area contributed by atoms with Gasteiger partial charge in [0.15, 0.2) is 5.78 Å². The second-order valence-electron chi connectivity index (χ2n) is 2.28. The molecule has 0 aliphatic carbocycles. The van der Waals surface area contributed by atoms with Crippen LogP contribution in [0.1, 0.15) is 17.3 Å². The predicted molar refractivity (Wildman–Crippen MR) is 56.8 cm³/mol. The highest BCUT2D eigenvalue weighted by Gasteiger charge is 2.11. The Bertz CT molecular complexity index is 338. The zero-order valence-corrected chi connectivity index (χ0v) is 9.94. The van der Waals surface area contributed by atoms with E-state index in [2.05, 4.69) is 15.9 Å². The SMILES string of the molecule is CC(=O)c1ccc(F)c(Br)c1I. The fourth-order valence-electron chi connectivity index (χ4n) is 0.798. The van der Waals surface area contributed by atoms with Crippen molar-refractivity contribution in [2.75, 3.05) is 0 Å². The Morgan fingerprint density at radius 1 is 1.58 bits per heavy atom. The molecule has 0 saturated carbocycles. The minimum absolute atomic E-state index is 0.0555. The van der Waals surface area contributed by atoms with Crippen molar-refractivity contribution in [1.29, 1.82) is 0 Å². The van der Waals surface area contributed by atoms with E-state index < -0.39 is 0 Å². The number of hydrogen-bond donors (Lipinski definition) is 0. The van der Waals surface area contributed by atoms with Crippen LogP contribution in [0.5, 0.6) is 0 Å². The fraction of sp³-hybridized carbons (Fsp3) is 0.125. The molecule has 0 amide bonds. The van der Waals surface area contributed by atoms with E-state index in [0.717, 1.165) is 0 Å².